The maximum atomic E-state index is 12.5. The van der Waals surface area contributed by atoms with Gasteiger partial charge in [-0.25, -0.2) is 4.79 Å². The number of amides is 2. The summed E-state index contributed by atoms with van der Waals surface area (Å²) in [5.74, 6) is 0.786. The lowest BCUT2D eigenvalue weighted by molar-refractivity contribution is -0.134. The number of hydrogen-bond donors (Lipinski definition) is 1. The Hall–Kier alpha value is -2.67. The van der Waals surface area contributed by atoms with Crippen LogP contribution in [0.4, 0.5) is 10.5 Å². The number of aromatic nitrogens is 2. The van der Waals surface area contributed by atoms with Gasteiger partial charge in [-0.1, -0.05) is 18.2 Å². The minimum absolute atomic E-state index is 0.186. The van der Waals surface area contributed by atoms with E-state index in [2.05, 4.69) is 15.5 Å². The van der Waals surface area contributed by atoms with Gasteiger partial charge in [0.1, 0.15) is 18.5 Å². The van der Waals surface area contributed by atoms with Gasteiger partial charge in [-0.3, -0.25) is 0 Å². The van der Waals surface area contributed by atoms with E-state index in [9.17, 15) is 4.79 Å². The second kappa shape index (κ2) is 7.48. The van der Waals surface area contributed by atoms with Crippen LogP contribution in [0.3, 0.4) is 0 Å². The van der Waals surface area contributed by atoms with Crippen LogP contribution < -0.4 is 10.1 Å². The third-order valence-corrected chi connectivity index (χ3v) is 3.78. The van der Waals surface area contributed by atoms with Crippen molar-refractivity contribution in [2.24, 2.45) is 0 Å². The van der Waals surface area contributed by atoms with Crippen LogP contribution in [0.2, 0.25) is 0 Å². The average molecular weight is 342 g/mol. The summed E-state index contributed by atoms with van der Waals surface area (Å²) >= 11 is 0. The molecule has 0 saturated carbocycles. The minimum Gasteiger partial charge on any atom is -0.491 e. The third kappa shape index (κ3) is 4.90. The number of nitrogens with zero attached hydrogens (tertiary/aromatic N) is 3. The van der Waals surface area contributed by atoms with Crippen LogP contribution in [0.1, 0.15) is 13.8 Å². The summed E-state index contributed by atoms with van der Waals surface area (Å²) in [6, 6.07) is 11.1. The molecule has 1 aromatic heterocycles. The first-order chi connectivity index (χ1) is 12.0. The Morgan fingerprint density at radius 2 is 2.12 bits per heavy atom. The van der Waals surface area contributed by atoms with Crippen molar-refractivity contribution in [1.29, 1.82) is 0 Å². The summed E-state index contributed by atoms with van der Waals surface area (Å²) in [7, 11) is 0. The molecule has 7 nitrogen and oxygen atoms in total. The number of rotatable bonds is 4. The van der Waals surface area contributed by atoms with Crippen LogP contribution in [0, 0.1) is 0 Å². The molecule has 1 N–H and O–H groups in total. The Labute approximate surface area is 147 Å². The van der Waals surface area contributed by atoms with Crippen LogP contribution in [0.15, 0.2) is 48.8 Å². The van der Waals surface area contributed by atoms with Gasteiger partial charge in [0.05, 0.1) is 36.8 Å². The molecule has 0 bridgehead atoms. The van der Waals surface area contributed by atoms with Crippen molar-refractivity contribution in [2.75, 3.05) is 25.0 Å². The van der Waals surface area contributed by atoms with E-state index in [-0.39, 0.29) is 12.1 Å². The number of para-hydroxylation sites is 1. The second-order valence-corrected chi connectivity index (χ2v) is 6.57. The Morgan fingerprint density at radius 1 is 1.32 bits per heavy atom. The Bertz CT molecular complexity index is 694. The van der Waals surface area contributed by atoms with E-state index in [1.807, 2.05) is 44.2 Å². The number of ether oxygens (including phenoxy) is 2. The quantitative estimate of drug-likeness (QED) is 0.924. The molecule has 2 amide bonds. The molecule has 1 saturated heterocycles. The molecule has 1 fully saturated rings. The standard InChI is InChI=1S/C18H22N4O3/c1-18(2)13-22(17(23)21-14-8-9-19-20-10-14)11-16(25-18)12-24-15-6-4-3-5-7-15/h3-10,16H,11-13H2,1-2H3,(H,19,21,23)/t16-/m0/s1. The Kier molecular flexibility index (Phi) is 5.14. The highest BCUT2D eigenvalue weighted by Crippen LogP contribution is 2.22. The molecule has 7 heteroatoms. The van der Waals surface area contributed by atoms with Crippen molar-refractivity contribution in [3.8, 4) is 5.75 Å². The molecule has 0 radical (unpaired) electrons. The molecule has 1 aromatic carbocycles. The van der Waals surface area contributed by atoms with E-state index >= 15 is 0 Å². The van der Waals surface area contributed by atoms with Gasteiger partial charge in [0.15, 0.2) is 0 Å². The van der Waals surface area contributed by atoms with Crippen molar-refractivity contribution < 1.29 is 14.3 Å². The van der Waals surface area contributed by atoms with Crippen molar-refractivity contribution in [2.45, 2.75) is 25.6 Å². The van der Waals surface area contributed by atoms with Crippen molar-refractivity contribution in [3.63, 3.8) is 0 Å². The average Bonchev–Trinajstić information content (AvgIpc) is 2.60. The number of carbonyl (C=O) groups is 1. The summed E-state index contributed by atoms with van der Waals surface area (Å²) in [4.78, 5) is 14.3. The van der Waals surface area contributed by atoms with Gasteiger partial charge in [0.25, 0.3) is 0 Å². The first kappa shape index (κ1) is 17.2. The summed E-state index contributed by atoms with van der Waals surface area (Å²) in [5.41, 5.74) is 0.165. The van der Waals surface area contributed by atoms with Crippen molar-refractivity contribution in [3.05, 3.63) is 48.8 Å². The summed E-state index contributed by atoms with van der Waals surface area (Å²) in [5, 5.41) is 10.3. The van der Waals surface area contributed by atoms with Crippen LogP contribution in [-0.2, 0) is 4.74 Å². The lowest BCUT2D eigenvalue weighted by atomic mass is 10.1. The number of morpholine rings is 1. The topological polar surface area (TPSA) is 76.6 Å². The van der Waals surface area contributed by atoms with Gasteiger partial charge in [-0.2, -0.15) is 10.2 Å². The highest BCUT2D eigenvalue weighted by atomic mass is 16.5. The third-order valence-electron chi connectivity index (χ3n) is 3.78. The fourth-order valence-corrected chi connectivity index (χ4v) is 2.81. The summed E-state index contributed by atoms with van der Waals surface area (Å²) in [6.07, 6.45) is 2.85. The molecule has 2 aromatic rings. The number of anilines is 1. The maximum Gasteiger partial charge on any atom is 0.322 e. The molecule has 0 unspecified atom stereocenters. The maximum absolute atomic E-state index is 12.5. The molecular formula is C18H22N4O3. The SMILES string of the molecule is CC1(C)CN(C(=O)Nc2ccnnc2)C[C@@H](COc2ccccc2)O1. The lowest BCUT2D eigenvalue weighted by Gasteiger charge is -2.42. The van der Waals surface area contributed by atoms with Crippen molar-refractivity contribution >= 4 is 11.7 Å². The highest BCUT2D eigenvalue weighted by molar-refractivity contribution is 5.89. The molecule has 0 aliphatic carbocycles. The minimum atomic E-state index is -0.448. The zero-order valence-electron chi connectivity index (χ0n) is 14.4. The van der Waals surface area contributed by atoms with Gasteiger partial charge < -0.3 is 19.7 Å². The van der Waals surface area contributed by atoms with Crippen LogP contribution in [0.25, 0.3) is 0 Å². The van der Waals surface area contributed by atoms with Gasteiger partial charge >= 0.3 is 6.03 Å². The van der Waals surface area contributed by atoms with Gasteiger partial charge in [0, 0.05) is 0 Å². The zero-order valence-corrected chi connectivity index (χ0v) is 14.4. The fourth-order valence-electron chi connectivity index (χ4n) is 2.81. The molecule has 3 rings (SSSR count). The number of urea groups is 1. The molecule has 132 valence electrons. The molecule has 0 spiro atoms. The smallest absolute Gasteiger partial charge is 0.322 e. The van der Waals surface area contributed by atoms with E-state index in [1.165, 1.54) is 12.4 Å². The molecule has 1 aliphatic heterocycles. The van der Waals surface area contributed by atoms with Gasteiger partial charge in [-0.05, 0) is 32.0 Å². The molecule has 1 aliphatic rings. The summed E-state index contributed by atoms with van der Waals surface area (Å²) in [6.45, 7) is 5.28. The lowest BCUT2D eigenvalue weighted by Crippen LogP contribution is -2.56. The van der Waals surface area contributed by atoms with E-state index < -0.39 is 5.60 Å². The number of benzene rings is 1. The van der Waals surface area contributed by atoms with E-state index in [4.69, 9.17) is 9.47 Å². The Balaban J connectivity index is 1.61. The molecule has 1 atom stereocenters. The van der Waals surface area contributed by atoms with Crippen LogP contribution in [-0.4, -0.2) is 52.5 Å². The van der Waals surface area contributed by atoms with E-state index in [0.717, 1.165) is 5.75 Å². The molecule has 25 heavy (non-hydrogen) atoms. The predicted molar refractivity (Wildman–Crippen MR) is 93.5 cm³/mol. The zero-order chi connectivity index (χ0) is 17.7. The van der Waals surface area contributed by atoms with Gasteiger partial charge in [0.2, 0.25) is 0 Å². The first-order valence-corrected chi connectivity index (χ1v) is 8.20. The van der Waals surface area contributed by atoms with Crippen LogP contribution >= 0.6 is 0 Å². The first-order valence-electron chi connectivity index (χ1n) is 8.20. The van der Waals surface area contributed by atoms with Crippen LogP contribution in [0.5, 0.6) is 5.75 Å². The number of carbonyl (C=O) groups excluding carboxylic acids is 1. The van der Waals surface area contributed by atoms with Gasteiger partial charge in [-0.15, -0.1) is 0 Å². The fraction of sp³-hybridized carbons (Fsp3) is 0.389. The highest BCUT2D eigenvalue weighted by Gasteiger charge is 2.36. The second-order valence-electron chi connectivity index (χ2n) is 6.57. The number of nitrogens with one attached hydrogen (secondary N) is 1. The molecule has 2 heterocycles. The Morgan fingerprint density at radius 3 is 2.84 bits per heavy atom. The van der Waals surface area contributed by atoms with E-state index in [1.54, 1.807) is 11.0 Å². The van der Waals surface area contributed by atoms with E-state index in [0.29, 0.717) is 25.4 Å². The summed E-state index contributed by atoms with van der Waals surface area (Å²) < 4.78 is 11.8. The molecular weight excluding hydrogens is 320 g/mol. The monoisotopic (exact) mass is 342 g/mol. The normalized spacial score (nSPS) is 19.3. The number of hydrogen-bond acceptors (Lipinski definition) is 5. The largest absolute Gasteiger partial charge is 0.491 e. The predicted octanol–water partition coefficient (Wildman–Crippen LogP) is 2.57. The van der Waals surface area contributed by atoms with Crippen molar-refractivity contribution in [1.82, 2.24) is 15.1 Å².